The molecule has 1 amide bonds. The second-order valence-electron chi connectivity index (χ2n) is 8.72. The standard InChI is InChI=1S/C26H26N4O3S/c1-34(32,33)18-25-28-22-7-3-5-9-24(22)30(25)17-26(31)27-21-12-10-19(11-13-21)16-29-15-14-20-6-2-4-8-23(20)29/h2-13H,14-18H2,1H3,(H,27,31). The van der Waals surface area contributed by atoms with Crippen LogP contribution >= 0.6 is 0 Å². The van der Waals surface area contributed by atoms with Crippen LogP contribution in [0.15, 0.2) is 72.8 Å². The molecule has 7 nitrogen and oxygen atoms in total. The van der Waals surface area contributed by atoms with Gasteiger partial charge in [-0.05, 0) is 47.9 Å². The van der Waals surface area contributed by atoms with Crippen LogP contribution in [0.4, 0.5) is 11.4 Å². The number of carbonyl (C=O) groups excluding carboxylic acids is 1. The zero-order valence-electron chi connectivity index (χ0n) is 18.9. The van der Waals surface area contributed by atoms with Gasteiger partial charge in [-0.3, -0.25) is 4.79 Å². The van der Waals surface area contributed by atoms with Gasteiger partial charge in [-0.25, -0.2) is 13.4 Å². The summed E-state index contributed by atoms with van der Waals surface area (Å²) in [5, 5.41) is 2.92. The Morgan fingerprint density at radius 3 is 2.53 bits per heavy atom. The molecule has 0 atom stereocenters. The lowest BCUT2D eigenvalue weighted by Crippen LogP contribution is -2.21. The highest BCUT2D eigenvalue weighted by Gasteiger charge is 2.19. The van der Waals surface area contributed by atoms with Crippen LogP contribution in [0.1, 0.15) is 17.0 Å². The lowest BCUT2D eigenvalue weighted by molar-refractivity contribution is -0.116. The van der Waals surface area contributed by atoms with Crippen LogP contribution in [0.5, 0.6) is 0 Å². The zero-order chi connectivity index (χ0) is 23.7. The second-order valence-corrected chi connectivity index (χ2v) is 10.9. The van der Waals surface area contributed by atoms with Gasteiger partial charge in [0.1, 0.15) is 18.1 Å². The molecule has 0 unspecified atom stereocenters. The maximum Gasteiger partial charge on any atom is 0.244 e. The van der Waals surface area contributed by atoms with Crippen LogP contribution < -0.4 is 10.2 Å². The molecule has 0 radical (unpaired) electrons. The van der Waals surface area contributed by atoms with E-state index in [0.29, 0.717) is 17.0 Å². The molecule has 0 spiro atoms. The van der Waals surface area contributed by atoms with Gasteiger partial charge >= 0.3 is 0 Å². The summed E-state index contributed by atoms with van der Waals surface area (Å²) in [7, 11) is -3.29. The van der Waals surface area contributed by atoms with Crippen LogP contribution in [0.3, 0.4) is 0 Å². The van der Waals surface area contributed by atoms with Crippen molar-refractivity contribution in [3.05, 3.63) is 89.7 Å². The van der Waals surface area contributed by atoms with E-state index in [2.05, 4.69) is 39.5 Å². The van der Waals surface area contributed by atoms with Crippen molar-refractivity contribution in [3.63, 3.8) is 0 Å². The van der Waals surface area contributed by atoms with E-state index in [0.717, 1.165) is 25.0 Å². The number of anilines is 2. The SMILES string of the molecule is CS(=O)(=O)Cc1nc2ccccc2n1CC(=O)Nc1ccc(CN2CCc3ccccc32)cc1. The van der Waals surface area contributed by atoms with Gasteiger partial charge in [-0.15, -0.1) is 0 Å². The molecule has 0 saturated heterocycles. The number of amides is 1. The average molecular weight is 475 g/mol. The largest absolute Gasteiger partial charge is 0.367 e. The predicted molar refractivity (Wildman–Crippen MR) is 135 cm³/mol. The normalized spacial score (nSPS) is 13.3. The topological polar surface area (TPSA) is 84.3 Å². The highest BCUT2D eigenvalue weighted by Crippen LogP contribution is 2.29. The summed E-state index contributed by atoms with van der Waals surface area (Å²) >= 11 is 0. The summed E-state index contributed by atoms with van der Waals surface area (Å²) < 4.78 is 25.4. The van der Waals surface area contributed by atoms with E-state index in [4.69, 9.17) is 0 Å². The summed E-state index contributed by atoms with van der Waals surface area (Å²) in [4.78, 5) is 19.6. The van der Waals surface area contributed by atoms with Crippen LogP contribution in [0, 0.1) is 0 Å². The zero-order valence-corrected chi connectivity index (χ0v) is 19.8. The molecule has 1 aliphatic rings. The van der Waals surface area contributed by atoms with E-state index in [1.165, 1.54) is 23.1 Å². The van der Waals surface area contributed by atoms with Crippen molar-refractivity contribution in [2.75, 3.05) is 23.0 Å². The third kappa shape index (κ3) is 4.82. The van der Waals surface area contributed by atoms with Crippen LogP contribution in [0.25, 0.3) is 11.0 Å². The third-order valence-electron chi connectivity index (χ3n) is 6.02. The highest BCUT2D eigenvalue weighted by molar-refractivity contribution is 7.89. The van der Waals surface area contributed by atoms with Gasteiger partial charge in [0.2, 0.25) is 5.91 Å². The van der Waals surface area contributed by atoms with Crippen molar-refractivity contribution >= 4 is 38.2 Å². The Morgan fingerprint density at radius 2 is 1.74 bits per heavy atom. The Hall–Kier alpha value is -3.65. The van der Waals surface area contributed by atoms with Crippen molar-refractivity contribution in [2.24, 2.45) is 0 Å². The fraction of sp³-hybridized carbons (Fsp3) is 0.231. The van der Waals surface area contributed by atoms with Gasteiger partial charge in [0.05, 0.1) is 11.0 Å². The van der Waals surface area contributed by atoms with Crippen LogP contribution in [-0.4, -0.2) is 36.7 Å². The molecule has 174 valence electrons. The third-order valence-corrected chi connectivity index (χ3v) is 6.80. The number of sulfone groups is 1. The first kappa shape index (κ1) is 22.2. The van der Waals surface area contributed by atoms with E-state index in [-0.39, 0.29) is 18.2 Å². The molecule has 0 bridgehead atoms. The summed E-state index contributed by atoms with van der Waals surface area (Å²) in [5.74, 6) is -0.0947. The molecule has 0 aliphatic carbocycles. The van der Waals surface area contributed by atoms with Gasteiger partial charge < -0.3 is 14.8 Å². The molecule has 5 rings (SSSR count). The van der Waals surface area contributed by atoms with Gasteiger partial charge in [-0.1, -0.05) is 42.5 Å². The van der Waals surface area contributed by atoms with Crippen molar-refractivity contribution in [1.82, 2.24) is 9.55 Å². The number of nitrogens with one attached hydrogen (secondary N) is 1. The minimum absolute atomic E-state index is 0.0162. The van der Waals surface area contributed by atoms with Gasteiger partial charge in [0.25, 0.3) is 0 Å². The number of imidazole rings is 1. The summed E-state index contributed by atoms with van der Waals surface area (Å²) in [5.41, 5.74) is 5.95. The number of hydrogen-bond acceptors (Lipinski definition) is 5. The fourth-order valence-corrected chi connectivity index (χ4v) is 5.16. The van der Waals surface area contributed by atoms with E-state index < -0.39 is 9.84 Å². The van der Waals surface area contributed by atoms with Gasteiger partial charge in [-0.2, -0.15) is 0 Å². The molecule has 34 heavy (non-hydrogen) atoms. The monoisotopic (exact) mass is 474 g/mol. The summed E-state index contributed by atoms with van der Waals surface area (Å²) in [6.07, 6.45) is 2.23. The molecular weight excluding hydrogens is 448 g/mol. The predicted octanol–water partition coefficient (Wildman–Crippen LogP) is 3.78. The molecule has 3 aromatic carbocycles. The first-order valence-electron chi connectivity index (χ1n) is 11.2. The Bertz CT molecular complexity index is 1460. The van der Waals surface area contributed by atoms with Crippen LogP contribution in [0.2, 0.25) is 0 Å². The van der Waals surface area contributed by atoms with E-state index in [9.17, 15) is 13.2 Å². The molecule has 1 aromatic heterocycles. The smallest absolute Gasteiger partial charge is 0.244 e. The van der Waals surface area contributed by atoms with Crippen LogP contribution in [-0.2, 0) is 39.9 Å². The lowest BCUT2D eigenvalue weighted by atomic mass is 10.1. The minimum Gasteiger partial charge on any atom is -0.367 e. The average Bonchev–Trinajstić information content (AvgIpc) is 3.35. The molecule has 1 N–H and O–H groups in total. The molecular formula is C26H26N4O3S. The Balaban J connectivity index is 1.27. The molecule has 0 saturated carbocycles. The number of nitrogens with zero attached hydrogens (tertiary/aromatic N) is 3. The fourth-order valence-electron chi connectivity index (χ4n) is 4.48. The molecule has 2 heterocycles. The Labute approximate surface area is 199 Å². The Kier molecular flexibility index (Phi) is 5.83. The maximum atomic E-state index is 12.8. The molecule has 0 fully saturated rings. The number of fused-ring (bicyclic) bond motifs is 2. The van der Waals surface area contributed by atoms with Gasteiger partial charge in [0, 0.05) is 30.7 Å². The number of aromatic nitrogens is 2. The number of benzene rings is 3. The quantitative estimate of drug-likeness (QED) is 0.441. The Morgan fingerprint density at radius 1 is 1.00 bits per heavy atom. The molecule has 4 aromatic rings. The second kappa shape index (κ2) is 8.95. The van der Waals surface area contributed by atoms with Crippen molar-refractivity contribution < 1.29 is 13.2 Å². The van der Waals surface area contributed by atoms with E-state index >= 15 is 0 Å². The number of para-hydroxylation sites is 3. The van der Waals surface area contributed by atoms with Crippen molar-refractivity contribution in [2.45, 2.75) is 25.3 Å². The molecule has 1 aliphatic heterocycles. The highest BCUT2D eigenvalue weighted by atomic mass is 32.2. The minimum atomic E-state index is -3.29. The lowest BCUT2D eigenvalue weighted by Gasteiger charge is -2.19. The summed E-state index contributed by atoms with van der Waals surface area (Å²) in [6.45, 7) is 1.81. The number of carbonyl (C=O) groups is 1. The first-order valence-corrected chi connectivity index (χ1v) is 13.3. The number of rotatable bonds is 7. The van der Waals surface area contributed by atoms with E-state index in [1.54, 1.807) is 4.57 Å². The summed E-state index contributed by atoms with van der Waals surface area (Å²) in [6, 6.07) is 23.7. The first-order chi connectivity index (χ1) is 16.4. The van der Waals surface area contributed by atoms with Crippen molar-refractivity contribution in [3.8, 4) is 0 Å². The molecule has 8 heteroatoms. The maximum absolute atomic E-state index is 12.8. The van der Waals surface area contributed by atoms with Gasteiger partial charge in [0.15, 0.2) is 9.84 Å². The van der Waals surface area contributed by atoms with E-state index in [1.807, 2.05) is 48.5 Å². The van der Waals surface area contributed by atoms with Crippen molar-refractivity contribution in [1.29, 1.82) is 0 Å². The number of hydrogen-bond donors (Lipinski definition) is 1.